The van der Waals surface area contributed by atoms with Crippen LogP contribution >= 0.6 is 15.9 Å². The number of benzene rings is 2. The number of hydrogen-bond donors (Lipinski definition) is 4. The van der Waals surface area contributed by atoms with Crippen molar-refractivity contribution in [2.45, 2.75) is 0 Å². The van der Waals surface area contributed by atoms with E-state index in [2.05, 4.69) is 26.6 Å². The summed E-state index contributed by atoms with van der Waals surface area (Å²) in [5, 5.41) is 23.5. The molecule has 6 nitrogen and oxygen atoms in total. The molecule has 0 aliphatic heterocycles. The van der Waals surface area contributed by atoms with E-state index in [0.29, 0.717) is 5.69 Å². The van der Waals surface area contributed by atoms with Crippen LogP contribution in [-0.4, -0.2) is 22.2 Å². The lowest BCUT2D eigenvalue weighted by Crippen LogP contribution is -2.19. The van der Waals surface area contributed by atoms with E-state index in [-0.39, 0.29) is 17.0 Å². The number of halogens is 1. The zero-order valence-electron chi connectivity index (χ0n) is 10.6. The molecule has 0 spiro atoms. The van der Waals surface area contributed by atoms with Gasteiger partial charge in [-0.05, 0) is 36.4 Å². The molecule has 2 aromatic rings. The average Bonchev–Trinajstić information content (AvgIpc) is 2.40. The summed E-state index contributed by atoms with van der Waals surface area (Å²) < 4.78 is 0.814. The Kier molecular flexibility index (Phi) is 4.44. The highest BCUT2D eigenvalue weighted by atomic mass is 79.9. The van der Waals surface area contributed by atoms with Crippen LogP contribution in [0.1, 0.15) is 10.4 Å². The molecule has 0 fully saturated rings. The monoisotopic (exact) mass is 350 g/mol. The number of carbonyl (C=O) groups excluding carboxylic acids is 1. The Hall–Kier alpha value is -2.54. The summed E-state index contributed by atoms with van der Waals surface area (Å²) in [4.78, 5) is 22.5. The van der Waals surface area contributed by atoms with E-state index in [4.69, 9.17) is 5.11 Å². The smallest absolute Gasteiger partial charge is 0.335 e. The molecular formula is C14H11BrN2O4. The first-order valence-corrected chi connectivity index (χ1v) is 6.65. The number of amides is 2. The van der Waals surface area contributed by atoms with Gasteiger partial charge < -0.3 is 20.8 Å². The van der Waals surface area contributed by atoms with Crippen LogP contribution in [-0.2, 0) is 0 Å². The maximum atomic E-state index is 11.8. The fourth-order valence-electron chi connectivity index (χ4n) is 1.62. The van der Waals surface area contributed by atoms with Gasteiger partial charge in [-0.2, -0.15) is 0 Å². The number of nitrogens with one attached hydrogen (secondary N) is 2. The van der Waals surface area contributed by atoms with Crippen molar-refractivity contribution in [3.63, 3.8) is 0 Å². The molecule has 2 aromatic carbocycles. The summed E-state index contributed by atoms with van der Waals surface area (Å²) in [6.07, 6.45) is 0. The number of phenolic OH excluding ortho intramolecular Hbond substituents is 1. The van der Waals surface area contributed by atoms with Crippen molar-refractivity contribution in [1.82, 2.24) is 0 Å². The third kappa shape index (κ3) is 3.96. The Bertz CT molecular complexity index is 703. The van der Waals surface area contributed by atoms with Gasteiger partial charge in [0.25, 0.3) is 0 Å². The Morgan fingerprint density at radius 3 is 2.43 bits per heavy atom. The van der Waals surface area contributed by atoms with Gasteiger partial charge in [0.1, 0.15) is 5.75 Å². The number of carboxylic acid groups (broad SMARTS) is 1. The number of carbonyl (C=O) groups is 2. The second kappa shape index (κ2) is 6.27. The Morgan fingerprint density at radius 1 is 1.05 bits per heavy atom. The molecule has 2 rings (SSSR count). The minimum absolute atomic E-state index is 0.0644. The number of aromatic hydroxyl groups is 1. The molecule has 0 saturated carbocycles. The Labute approximate surface area is 128 Å². The normalized spacial score (nSPS) is 9.95. The Balaban J connectivity index is 2.08. The van der Waals surface area contributed by atoms with E-state index in [1.54, 1.807) is 18.2 Å². The highest BCUT2D eigenvalue weighted by Crippen LogP contribution is 2.24. The van der Waals surface area contributed by atoms with Crippen molar-refractivity contribution in [2.24, 2.45) is 0 Å². The van der Waals surface area contributed by atoms with Crippen molar-refractivity contribution >= 4 is 39.3 Å². The van der Waals surface area contributed by atoms with E-state index < -0.39 is 12.0 Å². The van der Waals surface area contributed by atoms with E-state index >= 15 is 0 Å². The van der Waals surface area contributed by atoms with E-state index in [9.17, 15) is 14.7 Å². The topological polar surface area (TPSA) is 98.7 Å². The van der Waals surface area contributed by atoms with Gasteiger partial charge >= 0.3 is 12.0 Å². The number of carboxylic acids is 1. The lowest BCUT2D eigenvalue weighted by molar-refractivity contribution is 0.0696. The molecule has 0 saturated heterocycles. The predicted molar refractivity (Wildman–Crippen MR) is 81.8 cm³/mol. The molecule has 21 heavy (non-hydrogen) atoms. The SMILES string of the molecule is O=C(Nc1cccc(Br)c1)Nc1ccc(C(=O)O)cc1O. The molecule has 0 bridgehead atoms. The summed E-state index contributed by atoms with van der Waals surface area (Å²) in [5.74, 6) is -1.48. The van der Waals surface area contributed by atoms with Crippen LogP contribution < -0.4 is 10.6 Å². The van der Waals surface area contributed by atoms with Gasteiger partial charge in [-0.3, -0.25) is 0 Å². The number of phenols is 1. The second-order valence-corrected chi connectivity index (χ2v) is 5.04. The van der Waals surface area contributed by atoms with Gasteiger partial charge in [0.05, 0.1) is 11.3 Å². The van der Waals surface area contributed by atoms with E-state index in [1.807, 2.05) is 6.07 Å². The molecule has 4 N–H and O–H groups in total. The fraction of sp³-hybridized carbons (Fsp3) is 0. The first-order valence-electron chi connectivity index (χ1n) is 5.85. The first kappa shape index (κ1) is 14.9. The van der Waals surface area contributed by atoms with Crippen LogP contribution in [0.4, 0.5) is 16.2 Å². The molecule has 0 aliphatic rings. The van der Waals surface area contributed by atoms with Gasteiger partial charge in [-0.25, -0.2) is 9.59 Å². The molecule has 0 unspecified atom stereocenters. The van der Waals surface area contributed by atoms with Crippen molar-refractivity contribution in [3.8, 4) is 5.75 Å². The van der Waals surface area contributed by atoms with Crippen LogP contribution in [0.5, 0.6) is 5.75 Å². The van der Waals surface area contributed by atoms with Crippen LogP contribution in [0.25, 0.3) is 0 Å². The third-order valence-corrected chi connectivity index (χ3v) is 3.07. The van der Waals surface area contributed by atoms with Crippen molar-refractivity contribution in [3.05, 3.63) is 52.5 Å². The third-order valence-electron chi connectivity index (χ3n) is 2.58. The standard InChI is InChI=1S/C14H11BrN2O4/c15-9-2-1-3-10(7-9)16-14(21)17-11-5-4-8(13(19)20)6-12(11)18/h1-7,18H,(H,19,20)(H2,16,17,21). The van der Waals surface area contributed by atoms with E-state index in [1.165, 1.54) is 12.1 Å². The fourth-order valence-corrected chi connectivity index (χ4v) is 2.02. The number of hydrogen-bond acceptors (Lipinski definition) is 3. The minimum Gasteiger partial charge on any atom is -0.506 e. The first-order chi connectivity index (χ1) is 9.95. The summed E-state index contributed by atoms with van der Waals surface area (Å²) in [7, 11) is 0. The quantitative estimate of drug-likeness (QED) is 0.636. The molecular weight excluding hydrogens is 340 g/mol. The van der Waals surface area contributed by atoms with Crippen molar-refractivity contribution < 1.29 is 19.8 Å². The van der Waals surface area contributed by atoms with Crippen molar-refractivity contribution in [2.75, 3.05) is 10.6 Å². The molecule has 0 atom stereocenters. The second-order valence-electron chi connectivity index (χ2n) is 4.13. The Morgan fingerprint density at radius 2 is 1.81 bits per heavy atom. The average molecular weight is 351 g/mol. The van der Waals surface area contributed by atoms with Gasteiger partial charge in [0, 0.05) is 10.2 Å². The molecule has 0 heterocycles. The minimum atomic E-state index is -1.16. The maximum Gasteiger partial charge on any atom is 0.335 e. The molecule has 0 aromatic heterocycles. The largest absolute Gasteiger partial charge is 0.506 e. The van der Waals surface area contributed by atoms with Gasteiger partial charge in [-0.1, -0.05) is 22.0 Å². The summed E-state index contributed by atoms with van der Waals surface area (Å²) in [5.41, 5.74) is 0.626. The highest BCUT2D eigenvalue weighted by molar-refractivity contribution is 9.10. The number of rotatable bonds is 3. The zero-order chi connectivity index (χ0) is 15.4. The van der Waals surface area contributed by atoms with Gasteiger partial charge in [0.15, 0.2) is 0 Å². The lowest BCUT2D eigenvalue weighted by Gasteiger charge is -2.09. The molecule has 2 amide bonds. The maximum absolute atomic E-state index is 11.8. The van der Waals surface area contributed by atoms with Crippen LogP contribution in [0.2, 0.25) is 0 Å². The van der Waals surface area contributed by atoms with Crippen LogP contribution in [0.15, 0.2) is 46.9 Å². The number of aromatic carboxylic acids is 1. The van der Waals surface area contributed by atoms with Crippen molar-refractivity contribution in [1.29, 1.82) is 0 Å². The lowest BCUT2D eigenvalue weighted by atomic mass is 10.2. The van der Waals surface area contributed by atoms with Crippen LogP contribution in [0.3, 0.4) is 0 Å². The number of urea groups is 1. The van der Waals surface area contributed by atoms with Gasteiger partial charge in [-0.15, -0.1) is 0 Å². The summed E-state index contributed by atoms with van der Waals surface area (Å²) in [6, 6.07) is 10.1. The summed E-state index contributed by atoms with van der Waals surface area (Å²) >= 11 is 3.28. The highest BCUT2D eigenvalue weighted by Gasteiger charge is 2.10. The van der Waals surface area contributed by atoms with Gasteiger partial charge in [0.2, 0.25) is 0 Å². The van der Waals surface area contributed by atoms with E-state index in [0.717, 1.165) is 10.5 Å². The molecule has 0 radical (unpaired) electrons. The molecule has 108 valence electrons. The number of anilines is 2. The summed E-state index contributed by atoms with van der Waals surface area (Å²) in [6.45, 7) is 0. The molecule has 7 heteroatoms. The van der Waals surface area contributed by atoms with Crippen LogP contribution in [0, 0.1) is 0 Å². The molecule has 0 aliphatic carbocycles. The predicted octanol–water partition coefficient (Wildman–Crippen LogP) is 3.50. The zero-order valence-corrected chi connectivity index (χ0v) is 12.2.